The van der Waals surface area contributed by atoms with Gasteiger partial charge in [0.25, 0.3) is 0 Å². The van der Waals surface area contributed by atoms with Crippen molar-refractivity contribution in [3.8, 4) is 33.0 Å². The van der Waals surface area contributed by atoms with E-state index in [-0.39, 0.29) is 5.56 Å². The maximum atomic E-state index is 12.0. The average Bonchev–Trinajstić information content (AvgIpc) is 3.26. The van der Waals surface area contributed by atoms with Crippen LogP contribution in [0.25, 0.3) is 33.0 Å². The highest BCUT2D eigenvalue weighted by Crippen LogP contribution is 2.36. The van der Waals surface area contributed by atoms with Crippen LogP contribution in [0.2, 0.25) is 10.0 Å². The Morgan fingerprint density at radius 3 is 2.52 bits per heavy atom. The molecule has 5 nitrogen and oxygen atoms in total. The van der Waals surface area contributed by atoms with E-state index in [1.807, 2.05) is 41.8 Å². The topological polar surface area (TPSA) is 71.5 Å². The van der Waals surface area contributed by atoms with Crippen molar-refractivity contribution in [2.45, 2.75) is 0 Å². The molecule has 156 valence electrons. The first-order valence-electron chi connectivity index (χ1n) is 9.15. The number of anilines is 1. The summed E-state index contributed by atoms with van der Waals surface area (Å²) >= 11 is 13.5. The zero-order valence-electron chi connectivity index (χ0n) is 16.2. The number of hydrogen-bond acceptors (Lipinski definition) is 5. The summed E-state index contributed by atoms with van der Waals surface area (Å²) in [7, 11) is 1.51. The first-order chi connectivity index (χ1) is 15.0. The maximum absolute atomic E-state index is 12.0. The molecule has 0 aliphatic rings. The summed E-state index contributed by atoms with van der Waals surface area (Å²) in [6.07, 6.45) is 0. The lowest BCUT2D eigenvalue weighted by Crippen LogP contribution is -2.03. The van der Waals surface area contributed by atoms with Crippen LogP contribution in [0.15, 0.2) is 66.0 Å². The molecule has 0 fully saturated rings. The number of thiazole rings is 1. The van der Waals surface area contributed by atoms with Crippen molar-refractivity contribution in [2.24, 2.45) is 0 Å². The first-order valence-corrected chi connectivity index (χ1v) is 10.8. The van der Waals surface area contributed by atoms with Crippen LogP contribution in [0.5, 0.6) is 0 Å². The zero-order chi connectivity index (χ0) is 22.0. The Morgan fingerprint density at radius 1 is 1.00 bits per heavy atom. The molecule has 0 spiro atoms. The summed E-state index contributed by atoms with van der Waals surface area (Å²) < 4.78 is 0. The Labute approximate surface area is 192 Å². The highest BCUT2D eigenvalue weighted by molar-refractivity contribution is 7.13. The molecule has 0 bridgehead atoms. The third-order valence-corrected chi connectivity index (χ3v) is 6.28. The fraction of sp³-hybridized carbons (Fsp3) is 0.0435. The standard InChI is InChI=1S/C23H16Cl2N2O3S/c1-30-27-20-5-3-2-4-16(20)15-8-6-14(10-17(15)23(28)29)22-26-21(12-31-22)13-7-9-18(24)19(25)11-13/h2-12,27H,1H3,(H,28,29). The van der Waals surface area contributed by atoms with Crippen LogP contribution < -0.4 is 5.48 Å². The molecule has 0 aliphatic heterocycles. The van der Waals surface area contributed by atoms with Gasteiger partial charge >= 0.3 is 5.97 Å². The maximum Gasteiger partial charge on any atom is 0.336 e. The average molecular weight is 471 g/mol. The molecule has 2 N–H and O–H groups in total. The number of nitrogens with zero attached hydrogens (tertiary/aromatic N) is 1. The van der Waals surface area contributed by atoms with Crippen molar-refractivity contribution in [3.05, 3.63) is 81.7 Å². The van der Waals surface area contributed by atoms with Crippen LogP contribution in [0.4, 0.5) is 5.69 Å². The minimum atomic E-state index is -1.02. The summed E-state index contributed by atoms with van der Waals surface area (Å²) in [5.74, 6) is -1.02. The molecular weight excluding hydrogens is 455 g/mol. The number of halogens is 2. The largest absolute Gasteiger partial charge is 0.478 e. The molecule has 0 radical (unpaired) electrons. The number of nitrogens with one attached hydrogen (secondary N) is 1. The summed E-state index contributed by atoms with van der Waals surface area (Å²) in [4.78, 5) is 21.7. The SMILES string of the molecule is CONc1ccccc1-c1ccc(-c2nc(-c3ccc(Cl)c(Cl)c3)cs2)cc1C(=O)O. The van der Waals surface area contributed by atoms with Gasteiger partial charge in [-0.05, 0) is 29.8 Å². The molecule has 4 rings (SSSR count). The van der Waals surface area contributed by atoms with Crippen molar-refractivity contribution >= 4 is 46.2 Å². The number of carboxylic acid groups (broad SMARTS) is 1. The van der Waals surface area contributed by atoms with Crippen molar-refractivity contribution in [2.75, 3.05) is 12.6 Å². The molecule has 0 unspecified atom stereocenters. The van der Waals surface area contributed by atoms with Crippen molar-refractivity contribution in [3.63, 3.8) is 0 Å². The number of aromatic nitrogens is 1. The number of aromatic carboxylic acids is 1. The molecule has 1 heterocycles. The van der Waals surface area contributed by atoms with Gasteiger partial charge in [-0.2, -0.15) is 0 Å². The number of para-hydroxylation sites is 1. The van der Waals surface area contributed by atoms with Crippen molar-refractivity contribution in [1.29, 1.82) is 0 Å². The van der Waals surface area contributed by atoms with E-state index in [9.17, 15) is 9.90 Å². The Morgan fingerprint density at radius 2 is 1.77 bits per heavy atom. The lowest BCUT2D eigenvalue weighted by atomic mass is 9.96. The first kappa shape index (κ1) is 21.3. The molecule has 0 saturated carbocycles. The van der Waals surface area contributed by atoms with Gasteiger partial charge in [-0.25, -0.2) is 9.78 Å². The fourth-order valence-corrected chi connectivity index (χ4v) is 4.32. The molecule has 8 heteroatoms. The minimum Gasteiger partial charge on any atom is -0.478 e. The van der Waals surface area contributed by atoms with E-state index in [0.29, 0.717) is 26.3 Å². The quantitative estimate of drug-likeness (QED) is 0.293. The number of rotatable bonds is 6. The van der Waals surface area contributed by atoms with E-state index in [2.05, 4.69) is 10.5 Å². The molecule has 0 saturated heterocycles. The van der Waals surface area contributed by atoms with Crippen LogP contribution in [0.1, 0.15) is 10.4 Å². The summed E-state index contributed by atoms with van der Waals surface area (Å²) in [5.41, 5.74) is 7.25. The minimum absolute atomic E-state index is 0.175. The summed E-state index contributed by atoms with van der Waals surface area (Å²) in [6, 6.07) is 18.0. The number of benzene rings is 3. The van der Waals surface area contributed by atoms with E-state index < -0.39 is 5.97 Å². The van der Waals surface area contributed by atoms with Crippen LogP contribution in [0.3, 0.4) is 0 Å². The van der Waals surface area contributed by atoms with Gasteiger partial charge in [0.15, 0.2) is 0 Å². The van der Waals surface area contributed by atoms with E-state index in [4.69, 9.17) is 28.0 Å². The molecule has 1 aromatic heterocycles. The molecule has 0 amide bonds. The summed E-state index contributed by atoms with van der Waals surface area (Å²) in [5, 5.41) is 13.4. The molecule has 4 aromatic rings. The van der Waals surface area contributed by atoms with Gasteiger partial charge in [-0.3, -0.25) is 10.3 Å². The van der Waals surface area contributed by atoms with E-state index in [1.165, 1.54) is 18.4 Å². The Kier molecular flexibility index (Phi) is 6.25. The smallest absolute Gasteiger partial charge is 0.336 e. The Balaban J connectivity index is 1.75. The van der Waals surface area contributed by atoms with Crippen LogP contribution >= 0.6 is 34.5 Å². The van der Waals surface area contributed by atoms with Gasteiger partial charge in [-0.15, -0.1) is 11.3 Å². The molecular formula is C23H16Cl2N2O3S. The molecule has 3 aromatic carbocycles. The van der Waals surface area contributed by atoms with Crippen molar-refractivity contribution in [1.82, 2.24) is 4.98 Å². The normalized spacial score (nSPS) is 10.8. The van der Waals surface area contributed by atoms with Gasteiger partial charge in [0.05, 0.1) is 34.1 Å². The molecule has 31 heavy (non-hydrogen) atoms. The second-order valence-electron chi connectivity index (χ2n) is 6.58. The van der Waals surface area contributed by atoms with Crippen LogP contribution in [0, 0.1) is 0 Å². The lowest BCUT2D eigenvalue weighted by Gasteiger charge is -2.13. The lowest BCUT2D eigenvalue weighted by molar-refractivity contribution is 0.0698. The van der Waals surface area contributed by atoms with Gasteiger partial charge in [-0.1, -0.05) is 59.6 Å². The van der Waals surface area contributed by atoms with E-state index in [0.717, 1.165) is 22.4 Å². The summed E-state index contributed by atoms with van der Waals surface area (Å²) in [6.45, 7) is 0. The number of carboxylic acids is 1. The second kappa shape index (κ2) is 9.08. The van der Waals surface area contributed by atoms with Gasteiger partial charge in [0.2, 0.25) is 0 Å². The van der Waals surface area contributed by atoms with Gasteiger partial charge in [0.1, 0.15) is 5.01 Å². The molecule has 0 aliphatic carbocycles. The molecule has 0 atom stereocenters. The monoisotopic (exact) mass is 470 g/mol. The highest BCUT2D eigenvalue weighted by Gasteiger charge is 2.17. The highest BCUT2D eigenvalue weighted by atomic mass is 35.5. The third kappa shape index (κ3) is 4.43. The second-order valence-corrected chi connectivity index (χ2v) is 8.26. The zero-order valence-corrected chi connectivity index (χ0v) is 18.6. The van der Waals surface area contributed by atoms with E-state index >= 15 is 0 Å². The van der Waals surface area contributed by atoms with Gasteiger partial charge < -0.3 is 5.11 Å². The van der Waals surface area contributed by atoms with Gasteiger partial charge in [0, 0.05) is 22.1 Å². The fourth-order valence-electron chi connectivity index (χ4n) is 3.20. The van der Waals surface area contributed by atoms with Crippen molar-refractivity contribution < 1.29 is 14.7 Å². The predicted octanol–water partition coefficient (Wildman–Crippen LogP) is 7.12. The number of hydrogen-bond donors (Lipinski definition) is 2. The Bertz CT molecular complexity index is 1270. The van der Waals surface area contributed by atoms with Crippen LogP contribution in [-0.4, -0.2) is 23.2 Å². The Hall–Kier alpha value is -2.90. The van der Waals surface area contributed by atoms with Crippen LogP contribution in [-0.2, 0) is 4.84 Å². The van der Waals surface area contributed by atoms with E-state index in [1.54, 1.807) is 24.3 Å². The number of carbonyl (C=O) groups is 1. The predicted molar refractivity (Wildman–Crippen MR) is 126 cm³/mol. The third-order valence-electron chi connectivity index (χ3n) is 4.65.